The molecule has 1 aliphatic heterocycles. The number of nitrogens with zero attached hydrogens (tertiary/aromatic N) is 4. The van der Waals surface area contributed by atoms with E-state index in [0.29, 0.717) is 40.1 Å². The molecule has 0 fully saturated rings. The molecule has 39 heavy (non-hydrogen) atoms. The van der Waals surface area contributed by atoms with Crippen LogP contribution in [0.1, 0.15) is 28.3 Å². The summed E-state index contributed by atoms with van der Waals surface area (Å²) in [6, 6.07) is 14.3. The van der Waals surface area contributed by atoms with Gasteiger partial charge in [0.05, 0.1) is 12.8 Å². The van der Waals surface area contributed by atoms with Crippen LogP contribution in [0.3, 0.4) is 0 Å². The van der Waals surface area contributed by atoms with Crippen molar-refractivity contribution in [3.63, 3.8) is 0 Å². The summed E-state index contributed by atoms with van der Waals surface area (Å²) in [5.41, 5.74) is 14.5. The fourth-order valence-electron chi connectivity index (χ4n) is 4.02. The first-order chi connectivity index (χ1) is 18.9. The number of nitrogens with two attached hydrogens (primary N) is 2. The highest BCUT2D eigenvalue weighted by Gasteiger charge is 2.31. The van der Waals surface area contributed by atoms with Gasteiger partial charge < -0.3 is 31.6 Å². The molecule has 7 N–H and O–H groups in total. The number of carbonyl (C=O) groups excluding carboxylic acids is 1. The van der Waals surface area contributed by atoms with E-state index in [0.717, 1.165) is 5.56 Å². The number of fused-ring (bicyclic) bond motifs is 1. The number of anilines is 3. The molecule has 1 aliphatic rings. The zero-order valence-corrected chi connectivity index (χ0v) is 22.4. The van der Waals surface area contributed by atoms with Gasteiger partial charge in [-0.1, -0.05) is 46.3 Å². The van der Waals surface area contributed by atoms with E-state index in [1.54, 1.807) is 12.1 Å². The lowest BCUT2D eigenvalue weighted by Crippen LogP contribution is -2.33. The maximum Gasteiger partial charge on any atom is 0.257 e. The highest BCUT2D eigenvalue weighted by molar-refractivity contribution is 9.10. The zero-order chi connectivity index (χ0) is 27.9. The number of ether oxygens (including phenoxy) is 2. The molecule has 0 saturated heterocycles. The van der Waals surface area contributed by atoms with Crippen LogP contribution in [0.4, 0.5) is 17.3 Å². The fourth-order valence-corrected chi connectivity index (χ4v) is 4.56. The lowest BCUT2D eigenvalue weighted by molar-refractivity contribution is -0.123. The Kier molecular flexibility index (Phi) is 8.33. The maximum atomic E-state index is 12.4. The van der Waals surface area contributed by atoms with Crippen molar-refractivity contribution in [2.45, 2.75) is 12.5 Å². The normalized spacial score (nSPS) is 13.5. The topological polar surface area (TPSA) is 196 Å². The van der Waals surface area contributed by atoms with Gasteiger partial charge >= 0.3 is 0 Å². The second-order valence-electron chi connectivity index (χ2n) is 8.30. The van der Waals surface area contributed by atoms with Crippen LogP contribution in [0, 0.1) is 22.8 Å². The van der Waals surface area contributed by atoms with E-state index in [1.165, 1.54) is 7.11 Å². The number of pyridine rings is 1. The molecular weight excluding hydrogens is 566 g/mol. The first-order valence-corrected chi connectivity index (χ1v) is 12.4. The van der Waals surface area contributed by atoms with Gasteiger partial charge in [0, 0.05) is 16.6 Å². The molecule has 0 aliphatic carbocycles. The molecule has 1 aromatic heterocycles. The standard InChI is InChI=1S/C26H24BrN9O3/c1-38-18-9-15(17(27)10-19(18)39-12-20(37)32-8-7-14-5-3-2-4-6-14)23-21-22(30)16(11-28)24(31)35-25(21)36-26(34-23)33-13-29/h2-6,9-10,23H,7-8,12H2,1H3,(H,32,37)(H6,30,31,33,34,35,36). The summed E-state index contributed by atoms with van der Waals surface area (Å²) < 4.78 is 11.8. The van der Waals surface area contributed by atoms with Crippen molar-refractivity contribution < 1.29 is 14.3 Å². The summed E-state index contributed by atoms with van der Waals surface area (Å²) in [7, 11) is 1.46. The number of rotatable bonds is 8. The summed E-state index contributed by atoms with van der Waals surface area (Å²) in [5, 5.41) is 26.8. The molecule has 0 spiro atoms. The van der Waals surface area contributed by atoms with Gasteiger partial charge in [-0.25, -0.2) is 9.98 Å². The molecule has 13 heteroatoms. The summed E-state index contributed by atoms with van der Waals surface area (Å²) in [6.45, 7) is 0.256. The van der Waals surface area contributed by atoms with Gasteiger partial charge in [0.25, 0.3) is 5.91 Å². The van der Waals surface area contributed by atoms with E-state index in [4.69, 9.17) is 26.2 Å². The highest BCUT2D eigenvalue weighted by Crippen LogP contribution is 2.45. The number of hydrogen-bond donors (Lipinski definition) is 5. The molecule has 0 radical (unpaired) electrons. The number of hydrogen-bond acceptors (Lipinski definition) is 11. The summed E-state index contributed by atoms with van der Waals surface area (Å²) in [6.07, 6.45) is 2.51. The van der Waals surface area contributed by atoms with E-state index >= 15 is 0 Å². The number of nitrogen functional groups attached to an aromatic ring is 2. The van der Waals surface area contributed by atoms with E-state index < -0.39 is 6.04 Å². The van der Waals surface area contributed by atoms with Crippen LogP contribution in [-0.2, 0) is 11.2 Å². The van der Waals surface area contributed by atoms with Gasteiger partial charge in [-0.2, -0.15) is 10.5 Å². The molecule has 0 saturated carbocycles. The van der Waals surface area contributed by atoms with Gasteiger partial charge in [0.15, 0.2) is 24.3 Å². The van der Waals surface area contributed by atoms with Gasteiger partial charge in [-0.15, -0.1) is 0 Å². The third-order valence-electron chi connectivity index (χ3n) is 5.87. The minimum atomic E-state index is -0.795. The van der Waals surface area contributed by atoms with Gasteiger partial charge in [-0.05, 0) is 29.7 Å². The second-order valence-corrected chi connectivity index (χ2v) is 9.15. The Morgan fingerprint density at radius 1 is 1.21 bits per heavy atom. The number of benzene rings is 2. The van der Waals surface area contributed by atoms with Crippen molar-refractivity contribution in [2.75, 3.05) is 37.0 Å². The molecule has 2 aromatic carbocycles. The monoisotopic (exact) mass is 589 g/mol. The molecule has 4 rings (SSSR count). The fraction of sp³-hybridized carbons (Fsp3) is 0.192. The molecule has 2 heterocycles. The number of nitriles is 2. The van der Waals surface area contributed by atoms with Crippen molar-refractivity contribution in [2.24, 2.45) is 4.99 Å². The van der Waals surface area contributed by atoms with Crippen LogP contribution >= 0.6 is 15.9 Å². The number of aromatic nitrogens is 1. The lowest BCUT2D eigenvalue weighted by Gasteiger charge is -2.27. The predicted octanol–water partition coefficient (Wildman–Crippen LogP) is 2.57. The number of methoxy groups -OCH3 is 1. The van der Waals surface area contributed by atoms with Crippen molar-refractivity contribution in [3.8, 4) is 23.8 Å². The largest absolute Gasteiger partial charge is 0.493 e. The third kappa shape index (κ3) is 5.95. The Morgan fingerprint density at radius 2 is 1.97 bits per heavy atom. The minimum absolute atomic E-state index is 0.0220. The summed E-state index contributed by atoms with van der Waals surface area (Å²) in [4.78, 5) is 21.2. The Labute approximate surface area is 232 Å². The van der Waals surface area contributed by atoms with Crippen molar-refractivity contribution in [1.29, 1.82) is 10.5 Å². The molecule has 198 valence electrons. The number of guanidine groups is 1. The highest BCUT2D eigenvalue weighted by atomic mass is 79.9. The molecule has 0 bridgehead atoms. The molecule has 1 amide bonds. The number of aliphatic imine (C=N–C) groups is 1. The zero-order valence-electron chi connectivity index (χ0n) is 20.8. The van der Waals surface area contributed by atoms with Gasteiger partial charge in [0.1, 0.15) is 29.3 Å². The minimum Gasteiger partial charge on any atom is -0.493 e. The lowest BCUT2D eigenvalue weighted by atomic mass is 9.95. The van der Waals surface area contributed by atoms with Crippen molar-refractivity contribution in [3.05, 3.63) is 69.2 Å². The van der Waals surface area contributed by atoms with E-state index in [1.807, 2.05) is 42.6 Å². The molecule has 12 nitrogen and oxygen atoms in total. The van der Waals surface area contributed by atoms with Crippen LogP contribution < -0.4 is 36.9 Å². The van der Waals surface area contributed by atoms with Crippen LogP contribution in [0.5, 0.6) is 11.5 Å². The third-order valence-corrected chi connectivity index (χ3v) is 6.56. The number of nitrogens with one attached hydrogen (secondary N) is 3. The summed E-state index contributed by atoms with van der Waals surface area (Å²) >= 11 is 3.54. The molecule has 1 atom stereocenters. The number of carbonyl (C=O) groups is 1. The quantitative estimate of drug-likeness (QED) is 0.192. The van der Waals surface area contributed by atoms with Crippen LogP contribution in [0.25, 0.3) is 0 Å². The first-order valence-electron chi connectivity index (χ1n) is 11.7. The molecular formula is C26H24BrN9O3. The van der Waals surface area contributed by atoms with Crippen molar-refractivity contribution >= 4 is 45.1 Å². The second kappa shape index (κ2) is 12.0. The van der Waals surface area contributed by atoms with Gasteiger partial charge in [-0.3, -0.25) is 10.1 Å². The predicted molar refractivity (Wildman–Crippen MR) is 149 cm³/mol. The van der Waals surface area contributed by atoms with Crippen molar-refractivity contribution in [1.82, 2.24) is 15.6 Å². The Morgan fingerprint density at radius 3 is 2.67 bits per heavy atom. The Bertz CT molecular complexity index is 1510. The molecule has 1 unspecified atom stereocenters. The first kappa shape index (κ1) is 27.0. The van der Waals surface area contributed by atoms with Crippen LogP contribution in [0.15, 0.2) is 51.9 Å². The Hall–Kier alpha value is -5.01. The average molecular weight is 590 g/mol. The molecule has 3 aromatic rings. The van der Waals surface area contributed by atoms with E-state index in [2.05, 4.69) is 41.9 Å². The van der Waals surface area contributed by atoms with Crippen LogP contribution in [-0.4, -0.2) is 37.1 Å². The van der Waals surface area contributed by atoms with Crippen LogP contribution in [0.2, 0.25) is 0 Å². The SMILES string of the molecule is COc1cc(C2N=C(NC#N)Nc3nc(N)c(C#N)c(N)c32)c(Br)cc1OCC(=O)NCCc1ccccc1. The average Bonchev–Trinajstić information content (AvgIpc) is 2.92. The van der Waals surface area contributed by atoms with E-state index in [-0.39, 0.29) is 41.4 Å². The summed E-state index contributed by atoms with van der Waals surface area (Å²) in [5.74, 6) is 0.682. The van der Waals surface area contributed by atoms with Gasteiger partial charge in [0.2, 0.25) is 5.96 Å². The Balaban J connectivity index is 1.58. The number of amides is 1. The number of halogens is 1. The smallest absolute Gasteiger partial charge is 0.257 e. The maximum absolute atomic E-state index is 12.4. The van der Waals surface area contributed by atoms with E-state index in [9.17, 15) is 10.1 Å².